The van der Waals surface area contributed by atoms with E-state index in [4.69, 9.17) is 15.9 Å². The largest absolute Gasteiger partial charge is 0.481 e. The van der Waals surface area contributed by atoms with Crippen LogP contribution in [0.4, 0.5) is 0 Å². The van der Waals surface area contributed by atoms with E-state index in [0.717, 1.165) is 0 Å². The number of amides is 3. The molecule has 0 bridgehead atoms. The van der Waals surface area contributed by atoms with Gasteiger partial charge in [-0.05, 0) is 5.92 Å². The summed E-state index contributed by atoms with van der Waals surface area (Å²) >= 11 is 3.99. The lowest BCUT2D eigenvalue weighted by molar-refractivity contribution is -0.147. The third-order valence-electron chi connectivity index (χ3n) is 4.39. The van der Waals surface area contributed by atoms with Gasteiger partial charge in [-0.3, -0.25) is 19.2 Å². The van der Waals surface area contributed by atoms with Crippen molar-refractivity contribution in [3.8, 4) is 0 Å². The number of aliphatic carboxylic acids is 2. The number of aromatic nitrogens is 2. The van der Waals surface area contributed by atoms with Crippen molar-refractivity contribution in [1.29, 1.82) is 0 Å². The maximum absolute atomic E-state index is 12.7. The number of nitrogens with two attached hydrogens (primary N) is 1. The van der Waals surface area contributed by atoms with Gasteiger partial charge in [0, 0.05) is 24.1 Å². The Morgan fingerprint density at radius 2 is 1.69 bits per heavy atom. The Balaban J connectivity index is 2.79. The number of aromatic amines is 1. The van der Waals surface area contributed by atoms with Crippen LogP contribution in [0, 0.1) is 5.92 Å². The van der Waals surface area contributed by atoms with E-state index in [0.29, 0.717) is 5.69 Å². The fraction of sp³-hybridized carbons (Fsp3) is 0.556. The highest BCUT2D eigenvalue weighted by molar-refractivity contribution is 7.80. The average Bonchev–Trinajstić information content (AvgIpc) is 3.21. The van der Waals surface area contributed by atoms with Crippen molar-refractivity contribution in [3.63, 3.8) is 0 Å². The zero-order valence-electron chi connectivity index (χ0n) is 17.6. The maximum Gasteiger partial charge on any atom is 0.326 e. The molecule has 0 aliphatic heterocycles. The molecule has 8 N–H and O–H groups in total. The van der Waals surface area contributed by atoms with Gasteiger partial charge in [-0.1, -0.05) is 13.8 Å². The summed E-state index contributed by atoms with van der Waals surface area (Å²) in [6.07, 6.45) is 2.29. The van der Waals surface area contributed by atoms with Crippen LogP contribution in [0.1, 0.15) is 26.0 Å². The quantitative estimate of drug-likeness (QED) is 0.147. The number of imidazole rings is 1. The number of carboxylic acid groups (broad SMARTS) is 2. The summed E-state index contributed by atoms with van der Waals surface area (Å²) in [5, 5.41) is 24.8. The summed E-state index contributed by atoms with van der Waals surface area (Å²) in [5.74, 6) is -5.75. The van der Waals surface area contributed by atoms with Crippen LogP contribution in [0.3, 0.4) is 0 Å². The van der Waals surface area contributed by atoms with Crippen molar-refractivity contribution < 1.29 is 34.2 Å². The van der Waals surface area contributed by atoms with Crippen molar-refractivity contribution in [2.24, 2.45) is 11.7 Å². The van der Waals surface area contributed by atoms with E-state index < -0.39 is 60.2 Å². The van der Waals surface area contributed by atoms with E-state index >= 15 is 0 Å². The Hall–Kier alpha value is -3.13. The molecule has 4 atom stereocenters. The first kappa shape index (κ1) is 26.9. The highest BCUT2D eigenvalue weighted by Gasteiger charge is 2.31. The van der Waals surface area contributed by atoms with Gasteiger partial charge in [0.2, 0.25) is 17.7 Å². The van der Waals surface area contributed by atoms with Crippen LogP contribution in [0.25, 0.3) is 0 Å². The third-order valence-corrected chi connectivity index (χ3v) is 4.75. The Morgan fingerprint density at radius 3 is 2.16 bits per heavy atom. The number of hydrogen-bond donors (Lipinski definition) is 8. The highest BCUT2D eigenvalue weighted by atomic mass is 32.1. The van der Waals surface area contributed by atoms with Gasteiger partial charge in [-0.15, -0.1) is 0 Å². The molecule has 13 nitrogen and oxygen atoms in total. The number of nitrogens with one attached hydrogen (secondary N) is 4. The molecule has 32 heavy (non-hydrogen) atoms. The topological polar surface area (TPSA) is 217 Å². The predicted octanol–water partition coefficient (Wildman–Crippen LogP) is -2.12. The van der Waals surface area contributed by atoms with E-state index in [-0.39, 0.29) is 18.1 Å². The van der Waals surface area contributed by atoms with Gasteiger partial charge in [-0.2, -0.15) is 12.6 Å². The summed E-state index contributed by atoms with van der Waals surface area (Å²) in [5.41, 5.74) is 6.52. The molecule has 1 aromatic heterocycles. The Kier molecular flexibility index (Phi) is 10.6. The molecule has 178 valence electrons. The molecule has 0 saturated heterocycles. The monoisotopic (exact) mass is 472 g/mol. The van der Waals surface area contributed by atoms with E-state index in [1.54, 1.807) is 13.8 Å². The first-order valence-corrected chi connectivity index (χ1v) is 10.3. The number of hydrogen-bond acceptors (Lipinski definition) is 8. The fourth-order valence-electron chi connectivity index (χ4n) is 2.62. The van der Waals surface area contributed by atoms with Crippen molar-refractivity contribution in [2.45, 2.75) is 50.9 Å². The van der Waals surface area contributed by atoms with E-state index in [1.165, 1.54) is 12.5 Å². The smallest absolute Gasteiger partial charge is 0.326 e. The number of thiol groups is 1. The number of nitrogens with zero attached hydrogens (tertiary/aromatic N) is 1. The molecule has 4 unspecified atom stereocenters. The molecule has 1 heterocycles. The minimum Gasteiger partial charge on any atom is -0.481 e. The van der Waals surface area contributed by atoms with Crippen LogP contribution >= 0.6 is 12.6 Å². The highest BCUT2D eigenvalue weighted by Crippen LogP contribution is 2.05. The summed E-state index contributed by atoms with van der Waals surface area (Å²) in [6.45, 7) is 3.35. The lowest BCUT2D eigenvalue weighted by atomic mass is 10.0. The Morgan fingerprint density at radius 1 is 1.06 bits per heavy atom. The second-order valence-corrected chi connectivity index (χ2v) is 7.72. The molecule has 0 saturated carbocycles. The van der Waals surface area contributed by atoms with Crippen molar-refractivity contribution >= 4 is 42.3 Å². The van der Waals surface area contributed by atoms with E-state index in [2.05, 4.69) is 38.5 Å². The van der Waals surface area contributed by atoms with E-state index in [1.807, 2.05) is 0 Å². The fourth-order valence-corrected chi connectivity index (χ4v) is 2.88. The minimum absolute atomic E-state index is 0.167. The van der Waals surface area contributed by atoms with Gasteiger partial charge in [0.05, 0.1) is 18.8 Å². The predicted molar refractivity (Wildman–Crippen MR) is 115 cm³/mol. The molecule has 0 aromatic carbocycles. The van der Waals surface area contributed by atoms with Gasteiger partial charge in [0.15, 0.2) is 0 Å². The number of carboxylic acids is 2. The zero-order chi connectivity index (χ0) is 24.4. The van der Waals surface area contributed by atoms with Crippen molar-refractivity contribution in [1.82, 2.24) is 25.9 Å². The number of H-pyrrole nitrogens is 1. The SMILES string of the molecule is CC(C)C(NC(=O)C(N)Cc1cnc[nH]1)C(=O)NC(CS)C(=O)NC(CC(=O)O)C(=O)O. The van der Waals surface area contributed by atoms with Gasteiger partial charge in [0.1, 0.15) is 18.1 Å². The Labute approximate surface area is 189 Å². The molecule has 3 amide bonds. The van der Waals surface area contributed by atoms with Crippen LogP contribution in [0.2, 0.25) is 0 Å². The summed E-state index contributed by atoms with van der Waals surface area (Å²) in [7, 11) is 0. The Bertz CT molecular complexity index is 817. The maximum atomic E-state index is 12.7. The first-order valence-electron chi connectivity index (χ1n) is 9.65. The molecule has 0 fully saturated rings. The molecule has 1 aromatic rings. The summed E-state index contributed by atoms with van der Waals surface area (Å²) < 4.78 is 0. The molecule has 0 radical (unpaired) electrons. The molecule has 1 rings (SSSR count). The molecule has 14 heteroatoms. The number of carbonyl (C=O) groups is 5. The molecular weight excluding hydrogens is 444 g/mol. The summed E-state index contributed by atoms with van der Waals surface area (Å²) in [4.78, 5) is 66.1. The normalized spacial score (nSPS) is 14.7. The zero-order valence-corrected chi connectivity index (χ0v) is 18.5. The first-order chi connectivity index (χ1) is 15.0. The lowest BCUT2D eigenvalue weighted by Crippen LogP contribution is -2.59. The average molecular weight is 473 g/mol. The van der Waals surface area contributed by atoms with Crippen LogP contribution < -0.4 is 21.7 Å². The van der Waals surface area contributed by atoms with Gasteiger partial charge < -0.3 is 36.9 Å². The van der Waals surface area contributed by atoms with Crippen LogP contribution in [0.15, 0.2) is 12.5 Å². The summed E-state index contributed by atoms with van der Waals surface area (Å²) in [6, 6.07) is -4.95. The molecular formula is C18H28N6O7S. The number of rotatable bonds is 13. The van der Waals surface area contributed by atoms with E-state index in [9.17, 15) is 24.0 Å². The van der Waals surface area contributed by atoms with Crippen molar-refractivity contribution in [3.05, 3.63) is 18.2 Å². The standard InChI is InChI=1S/C18H28N6O7S/c1-8(2)14(24-15(27)10(19)3-9-5-20-7-21-9)17(29)23-12(6-32)16(28)22-11(18(30)31)4-13(25)26/h5,7-8,10-12,14,32H,3-4,6,19H2,1-2H3,(H,20,21)(H,22,28)(H,23,29)(H,24,27)(H,25,26)(H,30,31). The van der Waals surface area contributed by atoms with Gasteiger partial charge >= 0.3 is 11.9 Å². The second-order valence-electron chi connectivity index (χ2n) is 7.36. The molecule has 0 aliphatic rings. The van der Waals surface area contributed by atoms with Crippen LogP contribution in [-0.4, -0.2) is 79.8 Å². The van der Waals surface area contributed by atoms with Crippen LogP contribution in [0.5, 0.6) is 0 Å². The molecule has 0 aliphatic carbocycles. The second kappa shape index (κ2) is 12.7. The van der Waals surface area contributed by atoms with Gasteiger partial charge in [0.25, 0.3) is 0 Å². The number of carbonyl (C=O) groups excluding carboxylic acids is 3. The van der Waals surface area contributed by atoms with Crippen LogP contribution in [-0.2, 0) is 30.4 Å². The third kappa shape index (κ3) is 8.55. The minimum atomic E-state index is -1.68. The van der Waals surface area contributed by atoms with Crippen molar-refractivity contribution in [2.75, 3.05) is 5.75 Å². The molecule has 0 spiro atoms. The van der Waals surface area contributed by atoms with Gasteiger partial charge in [-0.25, -0.2) is 9.78 Å². The lowest BCUT2D eigenvalue weighted by Gasteiger charge is -2.26.